The Morgan fingerprint density at radius 1 is 0.500 bits per heavy atom. The van der Waals surface area contributed by atoms with Crippen LogP contribution in [0.15, 0.2) is 121 Å². The van der Waals surface area contributed by atoms with Crippen LogP contribution in [0.25, 0.3) is 0 Å². The summed E-state index contributed by atoms with van der Waals surface area (Å²) in [6, 6.07) is 39.1. The van der Waals surface area contributed by atoms with Crippen LogP contribution in [-0.4, -0.2) is 28.6 Å². The first kappa shape index (κ1) is 28.3. The molecule has 38 heavy (non-hydrogen) atoms. The second-order valence-electron chi connectivity index (χ2n) is 9.45. The van der Waals surface area contributed by atoms with E-state index in [0.29, 0.717) is 13.1 Å². The van der Waals surface area contributed by atoms with Gasteiger partial charge in [-0.1, -0.05) is 86.6 Å². The van der Waals surface area contributed by atoms with Crippen LogP contribution in [0.5, 0.6) is 0 Å². The maximum atomic E-state index is 15.5. The molecule has 0 amide bonds. The van der Waals surface area contributed by atoms with Gasteiger partial charge in [0.15, 0.2) is 0 Å². The van der Waals surface area contributed by atoms with Crippen molar-refractivity contribution in [2.24, 2.45) is 0 Å². The van der Waals surface area contributed by atoms with E-state index in [1.54, 1.807) is 0 Å². The molecule has 0 N–H and O–H groups in total. The molecule has 4 nitrogen and oxygen atoms in total. The number of benzene rings is 4. The minimum absolute atomic E-state index is 0.368. The summed E-state index contributed by atoms with van der Waals surface area (Å²) >= 11 is 0. The molecule has 0 saturated carbocycles. The standard InChI is InChI=1S/C32H38N2O2P2/c1-4-26-33(37(35,29-18-10-6-11-19-29)30-20-12-7-13-21-30)28(3)34(27-5-2)38(36,31-22-14-8-15-23-31)32-24-16-9-17-25-32/h6-25,28H,4-5,26-27H2,1-3H3. The summed E-state index contributed by atoms with van der Waals surface area (Å²) in [5.41, 5.74) is 0. The molecule has 0 atom stereocenters. The number of hydrogen-bond donors (Lipinski definition) is 0. The van der Waals surface area contributed by atoms with Gasteiger partial charge in [-0.2, -0.15) is 0 Å². The predicted molar refractivity (Wildman–Crippen MR) is 163 cm³/mol. The molecular formula is C32H38N2O2P2. The summed E-state index contributed by atoms with van der Waals surface area (Å²) in [6.45, 7) is 7.50. The van der Waals surface area contributed by atoms with Crippen molar-refractivity contribution < 1.29 is 9.13 Å². The largest absolute Gasteiger partial charge is 0.296 e. The third kappa shape index (κ3) is 5.51. The predicted octanol–water partition coefficient (Wildman–Crippen LogP) is 6.61. The third-order valence-electron chi connectivity index (χ3n) is 6.92. The average molecular weight is 545 g/mol. The van der Waals surface area contributed by atoms with Crippen LogP contribution in [0.2, 0.25) is 0 Å². The number of rotatable bonds is 12. The van der Waals surface area contributed by atoms with Crippen LogP contribution >= 0.6 is 14.6 Å². The van der Waals surface area contributed by atoms with E-state index >= 15 is 9.13 Å². The van der Waals surface area contributed by atoms with Gasteiger partial charge >= 0.3 is 0 Å². The third-order valence-corrected chi connectivity index (χ3v) is 13.4. The molecule has 0 aliphatic heterocycles. The molecule has 0 aromatic heterocycles. The topological polar surface area (TPSA) is 40.6 Å². The molecule has 0 radical (unpaired) electrons. The van der Waals surface area contributed by atoms with Crippen molar-refractivity contribution in [2.75, 3.05) is 13.1 Å². The zero-order chi connectivity index (χ0) is 27.0. The summed E-state index contributed by atoms with van der Waals surface area (Å²) < 4.78 is 35.2. The Labute approximate surface area is 228 Å². The van der Waals surface area contributed by atoms with Crippen LogP contribution in [0.3, 0.4) is 0 Å². The van der Waals surface area contributed by atoms with Crippen molar-refractivity contribution in [1.82, 2.24) is 9.34 Å². The normalized spacial score (nSPS) is 12.4. The maximum Gasteiger partial charge on any atom is 0.208 e. The minimum Gasteiger partial charge on any atom is -0.296 e. The molecule has 0 spiro atoms. The Kier molecular flexibility index (Phi) is 9.58. The SMILES string of the molecule is CCCN(C(C)N(CCC)P(=O)(c1ccccc1)c1ccccc1)P(=O)(c1ccccc1)c1ccccc1. The van der Waals surface area contributed by atoms with E-state index in [-0.39, 0.29) is 6.17 Å². The van der Waals surface area contributed by atoms with E-state index in [1.165, 1.54) is 0 Å². The molecule has 4 rings (SSSR count). The summed E-state index contributed by atoms with van der Waals surface area (Å²) in [6.07, 6.45) is 1.26. The highest BCUT2D eigenvalue weighted by atomic mass is 31.2. The summed E-state index contributed by atoms with van der Waals surface area (Å²) in [5, 5.41) is 3.16. The molecular weight excluding hydrogens is 506 g/mol. The zero-order valence-corrected chi connectivity index (χ0v) is 24.3. The quantitative estimate of drug-likeness (QED) is 0.149. The van der Waals surface area contributed by atoms with Gasteiger partial charge < -0.3 is 0 Å². The molecule has 0 unspecified atom stereocenters. The maximum absolute atomic E-state index is 15.5. The van der Waals surface area contributed by atoms with E-state index in [0.717, 1.165) is 34.1 Å². The first-order chi connectivity index (χ1) is 18.5. The van der Waals surface area contributed by atoms with Crippen LogP contribution in [0.4, 0.5) is 0 Å². The van der Waals surface area contributed by atoms with Gasteiger partial charge in [0.1, 0.15) is 0 Å². The van der Waals surface area contributed by atoms with E-state index in [1.807, 2.05) is 121 Å². The molecule has 0 heterocycles. The van der Waals surface area contributed by atoms with Gasteiger partial charge in [0.2, 0.25) is 14.6 Å². The van der Waals surface area contributed by atoms with E-state index in [2.05, 4.69) is 30.1 Å². The first-order valence-corrected chi connectivity index (χ1v) is 16.8. The van der Waals surface area contributed by atoms with Gasteiger partial charge in [0.05, 0.1) is 6.17 Å². The second-order valence-corrected chi connectivity index (χ2v) is 14.8. The van der Waals surface area contributed by atoms with Gasteiger partial charge in [-0.25, -0.2) is 9.34 Å². The zero-order valence-electron chi connectivity index (χ0n) is 22.6. The Morgan fingerprint density at radius 2 is 0.737 bits per heavy atom. The Morgan fingerprint density at radius 3 is 0.947 bits per heavy atom. The Balaban J connectivity index is 1.94. The molecule has 0 bridgehead atoms. The summed E-state index contributed by atoms with van der Waals surface area (Å²) in [5.74, 6) is 0. The highest BCUT2D eigenvalue weighted by molar-refractivity contribution is 7.77. The van der Waals surface area contributed by atoms with E-state index < -0.39 is 14.6 Å². The van der Waals surface area contributed by atoms with Crippen molar-refractivity contribution in [3.8, 4) is 0 Å². The van der Waals surface area contributed by atoms with Crippen molar-refractivity contribution >= 4 is 35.8 Å². The van der Waals surface area contributed by atoms with Gasteiger partial charge in [-0.15, -0.1) is 0 Å². The van der Waals surface area contributed by atoms with Crippen molar-refractivity contribution in [3.05, 3.63) is 121 Å². The van der Waals surface area contributed by atoms with Crippen molar-refractivity contribution in [1.29, 1.82) is 0 Å². The molecule has 4 aromatic rings. The molecule has 4 aromatic carbocycles. The highest BCUT2D eigenvalue weighted by Crippen LogP contribution is 2.55. The highest BCUT2D eigenvalue weighted by Gasteiger charge is 2.44. The molecule has 6 heteroatoms. The lowest BCUT2D eigenvalue weighted by molar-refractivity contribution is 0.198. The van der Waals surface area contributed by atoms with Crippen LogP contribution < -0.4 is 21.2 Å². The lowest BCUT2D eigenvalue weighted by Crippen LogP contribution is -2.49. The number of hydrogen-bond acceptors (Lipinski definition) is 2. The fourth-order valence-corrected chi connectivity index (χ4v) is 11.5. The van der Waals surface area contributed by atoms with Crippen LogP contribution in [-0.2, 0) is 9.13 Å². The van der Waals surface area contributed by atoms with Crippen molar-refractivity contribution in [2.45, 2.75) is 39.8 Å². The summed E-state index contributed by atoms with van der Waals surface area (Å²) in [4.78, 5) is 0. The minimum atomic E-state index is -3.27. The first-order valence-electron chi connectivity index (χ1n) is 13.4. The lowest BCUT2D eigenvalue weighted by Gasteiger charge is -2.45. The van der Waals surface area contributed by atoms with Gasteiger partial charge in [-0.05, 0) is 68.3 Å². The molecule has 0 aliphatic carbocycles. The monoisotopic (exact) mass is 544 g/mol. The fraction of sp³-hybridized carbons (Fsp3) is 0.250. The van der Waals surface area contributed by atoms with Gasteiger partial charge in [0, 0.05) is 34.3 Å². The molecule has 0 aliphatic rings. The number of nitrogens with zero attached hydrogens (tertiary/aromatic N) is 2. The average Bonchev–Trinajstić information content (AvgIpc) is 2.99. The second kappa shape index (κ2) is 12.9. The van der Waals surface area contributed by atoms with E-state index in [9.17, 15) is 0 Å². The Hall–Kier alpha value is -2.74. The lowest BCUT2D eigenvalue weighted by atomic mass is 10.4. The molecule has 198 valence electrons. The van der Waals surface area contributed by atoms with E-state index in [4.69, 9.17) is 0 Å². The van der Waals surface area contributed by atoms with Gasteiger partial charge in [0.25, 0.3) is 0 Å². The fourth-order valence-electron chi connectivity index (χ4n) is 5.15. The molecule has 0 fully saturated rings. The Bertz CT molecular complexity index is 1170. The smallest absolute Gasteiger partial charge is 0.208 e. The summed E-state index contributed by atoms with van der Waals surface area (Å²) in [7, 11) is -6.53. The molecule has 0 saturated heterocycles. The van der Waals surface area contributed by atoms with Gasteiger partial charge in [-0.3, -0.25) is 9.13 Å². The van der Waals surface area contributed by atoms with Crippen LogP contribution in [0.1, 0.15) is 33.6 Å². The van der Waals surface area contributed by atoms with Crippen LogP contribution in [0, 0.1) is 0 Å². The van der Waals surface area contributed by atoms with Crippen molar-refractivity contribution in [3.63, 3.8) is 0 Å².